The first-order valence-corrected chi connectivity index (χ1v) is 8.23. The Bertz CT molecular complexity index is 1050. The molecule has 2 heterocycles. The van der Waals surface area contributed by atoms with Crippen LogP contribution in [0.2, 0.25) is 0 Å². The van der Waals surface area contributed by atoms with E-state index in [1.807, 2.05) is 36.4 Å². The number of nitrogens with zero attached hydrogens (tertiary/aromatic N) is 3. The number of hydrogen-bond acceptors (Lipinski definition) is 5. The van der Waals surface area contributed by atoms with Crippen LogP contribution < -0.4 is 5.32 Å². The highest BCUT2D eigenvalue weighted by Gasteiger charge is 2.11. The molecule has 0 saturated carbocycles. The quantitative estimate of drug-likeness (QED) is 0.576. The zero-order valence-corrected chi connectivity index (χ0v) is 13.4. The summed E-state index contributed by atoms with van der Waals surface area (Å²) in [4.78, 5) is 10.8. The van der Waals surface area contributed by atoms with Gasteiger partial charge in [0.2, 0.25) is 0 Å². The molecule has 5 heteroatoms. The molecule has 0 spiro atoms. The van der Waals surface area contributed by atoms with Gasteiger partial charge in [-0.3, -0.25) is 0 Å². The first kappa shape index (κ1) is 14.4. The molecule has 2 aromatic heterocycles. The molecule has 0 fully saturated rings. The first-order valence-electron chi connectivity index (χ1n) is 7.41. The minimum atomic E-state index is 0.586. The van der Waals surface area contributed by atoms with Gasteiger partial charge < -0.3 is 5.32 Å². The number of nitriles is 1. The third-order valence-electron chi connectivity index (χ3n) is 3.69. The van der Waals surface area contributed by atoms with Crippen molar-refractivity contribution >= 4 is 33.1 Å². The Hall–Kier alpha value is -3.23. The molecule has 1 N–H and O–H groups in total. The van der Waals surface area contributed by atoms with Crippen molar-refractivity contribution in [3.05, 3.63) is 72.6 Å². The minimum Gasteiger partial charge on any atom is -0.339 e. The van der Waals surface area contributed by atoms with E-state index < -0.39 is 0 Å². The van der Waals surface area contributed by atoms with Crippen LogP contribution in [0.25, 0.3) is 20.7 Å². The normalized spacial score (nSPS) is 10.5. The number of nitrogens with one attached hydrogen (secondary N) is 1. The van der Waals surface area contributed by atoms with E-state index in [4.69, 9.17) is 0 Å². The number of fused-ring (bicyclic) bond motifs is 1. The van der Waals surface area contributed by atoms with Crippen molar-refractivity contribution in [2.75, 3.05) is 5.32 Å². The highest BCUT2D eigenvalue weighted by molar-refractivity contribution is 7.21. The second kappa shape index (κ2) is 6.11. The molecule has 114 valence electrons. The van der Waals surface area contributed by atoms with Crippen LogP contribution in [0, 0.1) is 11.3 Å². The van der Waals surface area contributed by atoms with E-state index in [1.54, 1.807) is 23.7 Å². The molecule has 4 aromatic rings. The number of thiophene rings is 1. The Labute approximate surface area is 143 Å². The Kier molecular flexibility index (Phi) is 3.66. The topological polar surface area (TPSA) is 61.6 Å². The fourth-order valence-corrected chi connectivity index (χ4v) is 3.52. The number of hydrogen-bond donors (Lipinski definition) is 1. The Balaban J connectivity index is 1.79. The predicted molar refractivity (Wildman–Crippen MR) is 97.3 cm³/mol. The second-order valence-corrected chi connectivity index (χ2v) is 6.23. The first-order chi connectivity index (χ1) is 11.8. The maximum absolute atomic E-state index is 9.24. The van der Waals surface area contributed by atoms with Gasteiger partial charge in [0, 0.05) is 4.88 Å². The summed E-state index contributed by atoms with van der Waals surface area (Å²) in [5.41, 5.74) is 2.49. The molecule has 0 radical (unpaired) electrons. The summed E-state index contributed by atoms with van der Waals surface area (Å²) in [6.45, 7) is 0. The van der Waals surface area contributed by atoms with Crippen molar-refractivity contribution in [3.63, 3.8) is 0 Å². The molecule has 24 heavy (non-hydrogen) atoms. The number of anilines is 2. The number of para-hydroxylation sites is 1. The van der Waals surface area contributed by atoms with Gasteiger partial charge in [-0.15, -0.1) is 11.3 Å². The van der Waals surface area contributed by atoms with Crippen molar-refractivity contribution in [2.45, 2.75) is 0 Å². The molecule has 0 aliphatic heterocycles. The third kappa shape index (κ3) is 2.60. The Morgan fingerprint density at radius 1 is 0.958 bits per heavy atom. The van der Waals surface area contributed by atoms with Gasteiger partial charge in [-0.05, 0) is 23.8 Å². The van der Waals surface area contributed by atoms with Gasteiger partial charge in [-0.25, -0.2) is 9.97 Å². The van der Waals surface area contributed by atoms with Gasteiger partial charge in [0.25, 0.3) is 0 Å². The summed E-state index contributed by atoms with van der Waals surface area (Å²) in [5.74, 6) is 0.709. The van der Waals surface area contributed by atoms with Gasteiger partial charge in [0.15, 0.2) is 0 Å². The highest BCUT2D eigenvalue weighted by Crippen LogP contribution is 2.35. The molecule has 0 amide bonds. The summed E-state index contributed by atoms with van der Waals surface area (Å²) in [6.07, 6.45) is 1.55. The van der Waals surface area contributed by atoms with Crippen LogP contribution in [0.15, 0.2) is 67.0 Å². The summed E-state index contributed by atoms with van der Waals surface area (Å²) >= 11 is 1.63. The largest absolute Gasteiger partial charge is 0.339 e. The van der Waals surface area contributed by atoms with Gasteiger partial charge in [-0.2, -0.15) is 5.26 Å². The summed E-state index contributed by atoms with van der Waals surface area (Å²) < 4.78 is 0. The maximum atomic E-state index is 9.24. The minimum absolute atomic E-state index is 0.586. The number of benzene rings is 2. The smallest absolute Gasteiger partial charge is 0.142 e. The van der Waals surface area contributed by atoms with Gasteiger partial charge >= 0.3 is 0 Å². The molecule has 0 aliphatic rings. The summed E-state index contributed by atoms with van der Waals surface area (Å²) in [6, 6.07) is 21.9. The fraction of sp³-hybridized carbons (Fsp3) is 0. The van der Waals surface area contributed by atoms with E-state index in [0.717, 1.165) is 26.3 Å². The molecule has 2 aromatic carbocycles. The van der Waals surface area contributed by atoms with Crippen LogP contribution in [0.1, 0.15) is 5.56 Å². The van der Waals surface area contributed by atoms with Gasteiger partial charge in [0.05, 0.1) is 16.6 Å². The van der Waals surface area contributed by atoms with Gasteiger partial charge in [-0.1, -0.05) is 42.5 Å². The lowest BCUT2D eigenvalue weighted by molar-refractivity contribution is 1.23. The Morgan fingerprint density at radius 3 is 2.58 bits per heavy atom. The van der Waals surface area contributed by atoms with E-state index >= 15 is 0 Å². The average Bonchev–Trinajstić information content (AvgIpc) is 3.08. The predicted octanol–water partition coefficient (Wildman–Crippen LogP) is 4.97. The summed E-state index contributed by atoms with van der Waals surface area (Å²) in [7, 11) is 0. The molecule has 0 bridgehead atoms. The monoisotopic (exact) mass is 328 g/mol. The maximum Gasteiger partial charge on any atom is 0.142 e. The van der Waals surface area contributed by atoms with E-state index in [-0.39, 0.29) is 0 Å². The standard InChI is InChI=1S/C19H12N4S/c20-11-14-8-4-5-9-16(14)23-18-15-10-17(13-6-2-1-3-7-13)24-19(15)22-12-21-18/h1-10,12H,(H,21,22,23). The number of aromatic nitrogens is 2. The number of rotatable bonds is 3. The zero-order chi connectivity index (χ0) is 16.4. The van der Waals surface area contributed by atoms with Crippen LogP contribution in [0.5, 0.6) is 0 Å². The molecular weight excluding hydrogens is 316 g/mol. The molecule has 0 saturated heterocycles. The molecule has 4 rings (SSSR count). The van der Waals surface area contributed by atoms with Crippen LogP contribution in [0.4, 0.5) is 11.5 Å². The van der Waals surface area contributed by atoms with E-state index in [9.17, 15) is 5.26 Å². The lowest BCUT2D eigenvalue weighted by Gasteiger charge is -2.07. The SMILES string of the molecule is N#Cc1ccccc1Nc1ncnc2sc(-c3ccccc3)cc12. The molecule has 0 atom stereocenters. The Morgan fingerprint density at radius 2 is 1.75 bits per heavy atom. The lowest BCUT2D eigenvalue weighted by Crippen LogP contribution is -1.96. The molecule has 4 nitrogen and oxygen atoms in total. The van der Waals surface area contributed by atoms with E-state index in [2.05, 4.69) is 39.6 Å². The van der Waals surface area contributed by atoms with Crippen LogP contribution in [-0.2, 0) is 0 Å². The van der Waals surface area contributed by atoms with Crippen molar-refractivity contribution in [1.82, 2.24) is 9.97 Å². The van der Waals surface area contributed by atoms with Crippen LogP contribution in [-0.4, -0.2) is 9.97 Å². The van der Waals surface area contributed by atoms with Crippen molar-refractivity contribution in [3.8, 4) is 16.5 Å². The van der Waals surface area contributed by atoms with Gasteiger partial charge in [0.1, 0.15) is 23.0 Å². The van der Waals surface area contributed by atoms with Crippen LogP contribution >= 0.6 is 11.3 Å². The lowest BCUT2D eigenvalue weighted by atomic mass is 10.1. The fourth-order valence-electron chi connectivity index (χ4n) is 2.52. The summed E-state index contributed by atoms with van der Waals surface area (Å²) in [5, 5.41) is 13.5. The van der Waals surface area contributed by atoms with E-state index in [0.29, 0.717) is 11.4 Å². The van der Waals surface area contributed by atoms with Crippen molar-refractivity contribution < 1.29 is 0 Å². The second-order valence-electron chi connectivity index (χ2n) is 5.20. The highest BCUT2D eigenvalue weighted by atomic mass is 32.1. The average molecular weight is 328 g/mol. The molecular formula is C19H12N4S. The third-order valence-corrected chi connectivity index (χ3v) is 4.78. The van der Waals surface area contributed by atoms with E-state index in [1.165, 1.54) is 0 Å². The van der Waals surface area contributed by atoms with Crippen molar-refractivity contribution in [1.29, 1.82) is 5.26 Å². The molecule has 0 unspecified atom stereocenters. The van der Waals surface area contributed by atoms with Crippen LogP contribution in [0.3, 0.4) is 0 Å². The zero-order valence-electron chi connectivity index (χ0n) is 12.6. The molecule has 0 aliphatic carbocycles. The van der Waals surface area contributed by atoms with Crippen molar-refractivity contribution in [2.24, 2.45) is 0 Å².